The molecule has 2 aliphatic heterocycles. The van der Waals surface area contributed by atoms with Crippen LogP contribution in [-0.2, 0) is 60.2 Å². The molecule has 4 heterocycles. The first kappa shape index (κ1) is 49.8. The van der Waals surface area contributed by atoms with E-state index in [0.29, 0.717) is 63.3 Å². The maximum absolute atomic E-state index is 13.6. The van der Waals surface area contributed by atoms with Crippen molar-refractivity contribution in [3.8, 4) is 12.1 Å². The molecule has 2 aliphatic rings. The number of halogens is 3. The molecule has 2 atom stereocenters. The Labute approximate surface area is 403 Å². The summed E-state index contributed by atoms with van der Waals surface area (Å²) in [6.45, 7) is 6.02. The van der Waals surface area contributed by atoms with Crippen LogP contribution in [0.4, 0.5) is 18.8 Å². The number of hydrogen-bond donors (Lipinski definition) is 5. The molecule has 2 aromatic heterocycles. The zero-order valence-electron chi connectivity index (χ0n) is 36.6. The van der Waals surface area contributed by atoms with E-state index in [-0.39, 0.29) is 42.3 Å². The third kappa shape index (κ3) is 13.5. The summed E-state index contributed by atoms with van der Waals surface area (Å²) >= 11 is 6.15. The van der Waals surface area contributed by atoms with Gasteiger partial charge in [-0.1, -0.05) is 64.5 Å². The summed E-state index contributed by atoms with van der Waals surface area (Å²) in [4.78, 5) is 51.7. The van der Waals surface area contributed by atoms with Gasteiger partial charge in [0.15, 0.2) is 0 Å². The van der Waals surface area contributed by atoms with E-state index >= 15 is 0 Å². The lowest BCUT2D eigenvalue weighted by Crippen LogP contribution is -2.37. The van der Waals surface area contributed by atoms with Crippen LogP contribution in [0.2, 0.25) is 0 Å². The number of nitriles is 2. The zero-order valence-corrected chi connectivity index (χ0v) is 39.8. The fourth-order valence-electron chi connectivity index (χ4n) is 7.49. The number of benzene rings is 4. The van der Waals surface area contributed by atoms with Crippen LogP contribution < -0.4 is 27.4 Å². The number of carbonyl (C=O) groups excluding carboxylic acids is 4. The first-order valence-electron chi connectivity index (χ1n) is 21.1. The van der Waals surface area contributed by atoms with Crippen molar-refractivity contribution in [3.05, 3.63) is 174 Å². The number of thiophene rings is 2. The fraction of sp³-hybridized carbons (Fsp3) is 0.240. The quantitative estimate of drug-likeness (QED) is 0.0792. The maximum atomic E-state index is 13.6. The standard InChI is InChI=1S/C25H23FN4O2S.C18H18N4O2S.C7H6BrF/c1-15-9-22-21(14-30(15)13-17-3-2-4-19(26)10-17)20(12-27)25(33-22)29-23(31)11-16-5-7-18(8-6-16)24(28)32;1-10-6-15-14(9-21-10)13(8-19)18(25-15)22-16(23)7-11-2-4-12(5-3-11)17(20)24;8-5-6-2-1-3-7(9)4-6/h2-8,10,15H,9,11,13-14H2,1H3,(H2,28,32)(H,29,31);2-5,10,21H,6-7,9H2,1H3,(H2,20,24)(H,22,23);1-4H,5H2. The third-order valence-electron chi connectivity index (χ3n) is 11.0. The number of nitrogens with one attached hydrogen (secondary N) is 3. The molecule has 67 heavy (non-hydrogen) atoms. The number of nitrogens with two attached hydrogens (primary N) is 2. The molecule has 4 aromatic carbocycles. The van der Waals surface area contributed by atoms with E-state index in [1.807, 2.05) is 12.1 Å². The number of alkyl halides is 1. The number of anilines is 2. The smallest absolute Gasteiger partial charge is 0.248 e. The zero-order chi connectivity index (χ0) is 48.2. The highest BCUT2D eigenvalue weighted by Crippen LogP contribution is 2.39. The van der Waals surface area contributed by atoms with E-state index in [0.717, 1.165) is 56.0 Å². The topological polar surface area (TPSA) is 207 Å². The molecule has 2 unspecified atom stereocenters. The van der Waals surface area contributed by atoms with Crippen molar-refractivity contribution < 1.29 is 28.0 Å². The minimum absolute atomic E-state index is 0.120. The lowest BCUT2D eigenvalue weighted by Gasteiger charge is -2.33. The Bertz CT molecular complexity index is 2850. The van der Waals surface area contributed by atoms with Crippen LogP contribution in [0.5, 0.6) is 0 Å². The van der Waals surface area contributed by atoms with Gasteiger partial charge in [0.25, 0.3) is 0 Å². The van der Waals surface area contributed by atoms with Gasteiger partial charge in [-0.3, -0.25) is 24.1 Å². The Morgan fingerprint density at radius 3 is 1.66 bits per heavy atom. The Morgan fingerprint density at radius 1 is 0.716 bits per heavy atom. The van der Waals surface area contributed by atoms with E-state index in [1.165, 1.54) is 46.9 Å². The van der Waals surface area contributed by atoms with Gasteiger partial charge in [0.2, 0.25) is 23.6 Å². The van der Waals surface area contributed by atoms with Gasteiger partial charge in [-0.2, -0.15) is 10.5 Å². The Hall–Kier alpha value is -6.60. The van der Waals surface area contributed by atoms with E-state index in [9.17, 15) is 38.5 Å². The van der Waals surface area contributed by atoms with E-state index in [2.05, 4.69) is 62.8 Å². The van der Waals surface area contributed by atoms with Crippen molar-refractivity contribution in [2.75, 3.05) is 10.6 Å². The van der Waals surface area contributed by atoms with Crippen LogP contribution in [0.25, 0.3) is 0 Å². The minimum Gasteiger partial charge on any atom is -0.366 e. The number of primary amides is 2. The number of hydrogen-bond acceptors (Lipinski definition) is 10. The summed E-state index contributed by atoms with van der Waals surface area (Å²) in [6, 6.07) is 31.3. The first-order chi connectivity index (χ1) is 32.1. The van der Waals surface area contributed by atoms with Crippen LogP contribution in [-0.4, -0.2) is 40.6 Å². The van der Waals surface area contributed by atoms with Crippen LogP contribution in [0.3, 0.4) is 0 Å². The average Bonchev–Trinajstić information content (AvgIpc) is 3.81. The fourth-order valence-corrected chi connectivity index (χ4v) is 10.5. The van der Waals surface area contributed by atoms with Crippen molar-refractivity contribution in [2.24, 2.45) is 11.5 Å². The predicted molar refractivity (Wildman–Crippen MR) is 261 cm³/mol. The van der Waals surface area contributed by atoms with Crippen molar-refractivity contribution in [1.29, 1.82) is 10.5 Å². The van der Waals surface area contributed by atoms with Gasteiger partial charge >= 0.3 is 0 Å². The molecule has 0 fully saturated rings. The normalized spacial score (nSPS) is 14.9. The second kappa shape index (κ2) is 23.2. The molecule has 0 saturated carbocycles. The Morgan fingerprint density at radius 2 is 1.19 bits per heavy atom. The monoisotopic (exact) mass is 1000 g/mol. The molecule has 8 rings (SSSR count). The molecule has 12 nitrogen and oxygen atoms in total. The van der Waals surface area contributed by atoms with Gasteiger partial charge in [-0.15, -0.1) is 22.7 Å². The highest BCUT2D eigenvalue weighted by Gasteiger charge is 2.30. The molecule has 4 amide bonds. The molecule has 0 spiro atoms. The molecule has 7 N–H and O–H groups in total. The Kier molecular flexibility index (Phi) is 17.3. The number of nitrogens with zero attached hydrogens (tertiary/aromatic N) is 3. The molecule has 344 valence electrons. The van der Waals surface area contributed by atoms with Gasteiger partial charge in [-0.25, -0.2) is 8.78 Å². The summed E-state index contributed by atoms with van der Waals surface area (Å²) in [5, 5.41) is 30.2. The second-order valence-electron chi connectivity index (χ2n) is 16.0. The summed E-state index contributed by atoms with van der Waals surface area (Å²) < 4.78 is 25.9. The number of fused-ring (bicyclic) bond motifs is 2. The lowest BCUT2D eigenvalue weighted by atomic mass is 9.99. The molecule has 0 aliphatic carbocycles. The molecule has 0 bridgehead atoms. The summed E-state index contributed by atoms with van der Waals surface area (Å²) in [6.07, 6.45) is 1.91. The largest absolute Gasteiger partial charge is 0.366 e. The summed E-state index contributed by atoms with van der Waals surface area (Å²) in [7, 11) is 0. The van der Waals surface area contributed by atoms with Gasteiger partial charge in [-0.05, 0) is 103 Å². The number of amides is 4. The lowest BCUT2D eigenvalue weighted by molar-refractivity contribution is -0.116. The molecule has 6 aromatic rings. The first-order valence-corrected chi connectivity index (χ1v) is 23.9. The van der Waals surface area contributed by atoms with E-state index < -0.39 is 11.8 Å². The molecule has 0 radical (unpaired) electrons. The van der Waals surface area contributed by atoms with E-state index in [1.54, 1.807) is 60.7 Å². The molecular formula is C50H47BrF2N8O4S2. The Balaban J connectivity index is 0.000000191. The highest BCUT2D eigenvalue weighted by molar-refractivity contribution is 9.08. The van der Waals surface area contributed by atoms with Crippen LogP contribution in [0, 0.1) is 34.3 Å². The van der Waals surface area contributed by atoms with Crippen molar-refractivity contribution >= 4 is 72.2 Å². The van der Waals surface area contributed by atoms with Crippen molar-refractivity contribution in [3.63, 3.8) is 0 Å². The van der Waals surface area contributed by atoms with Crippen molar-refractivity contribution in [1.82, 2.24) is 10.2 Å². The van der Waals surface area contributed by atoms with E-state index in [4.69, 9.17) is 11.5 Å². The average molecular weight is 1010 g/mol. The maximum Gasteiger partial charge on any atom is 0.248 e. The van der Waals surface area contributed by atoms with Gasteiger partial charge in [0, 0.05) is 63.5 Å². The van der Waals surface area contributed by atoms with Crippen LogP contribution in [0.15, 0.2) is 97.1 Å². The third-order valence-corrected chi connectivity index (χ3v) is 14.0. The summed E-state index contributed by atoms with van der Waals surface area (Å²) in [5.41, 5.74) is 17.6. The molecular weight excluding hydrogens is 959 g/mol. The van der Waals surface area contributed by atoms with Gasteiger partial charge < -0.3 is 27.4 Å². The van der Waals surface area contributed by atoms with Gasteiger partial charge in [0.05, 0.1) is 24.0 Å². The van der Waals surface area contributed by atoms with Crippen LogP contribution in [0.1, 0.15) is 88.8 Å². The van der Waals surface area contributed by atoms with Crippen LogP contribution >= 0.6 is 38.6 Å². The second-order valence-corrected chi connectivity index (χ2v) is 18.8. The minimum atomic E-state index is -0.519. The van der Waals surface area contributed by atoms with Gasteiger partial charge in [0.1, 0.15) is 33.8 Å². The SMILES string of the molecule is CC1Cc2sc(NC(=O)Cc3ccc(C(N)=O)cc3)c(C#N)c2CN1.CC1Cc2sc(NC(=O)Cc3ccc(C(N)=O)cc3)c(C#N)c2CN1Cc1cccc(F)c1.Fc1cccc(CBr)c1. The molecule has 17 heteroatoms. The highest BCUT2D eigenvalue weighted by atomic mass is 79.9. The number of carbonyl (C=O) groups is 4. The molecule has 0 saturated heterocycles. The predicted octanol–water partition coefficient (Wildman–Crippen LogP) is 8.64. The van der Waals surface area contributed by atoms with Crippen molar-refractivity contribution in [2.45, 2.75) is 76.6 Å². The number of rotatable bonds is 11. The summed E-state index contributed by atoms with van der Waals surface area (Å²) in [5.74, 6) is -1.88.